The van der Waals surface area contributed by atoms with E-state index >= 15 is 0 Å². The van der Waals surface area contributed by atoms with Gasteiger partial charge in [-0.25, -0.2) is 0 Å². The fraction of sp³-hybridized carbons (Fsp3) is 0. The average Bonchev–Trinajstić information content (AvgIpc) is 2.55. The molecule has 0 amide bonds. The third-order valence-corrected chi connectivity index (χ3v) is 10.8. The SMILES string of the molecule is Clc1ccccc1S(Br)(c1ccccc1Cl)c1ccccc1Cl. The van der Waals surface area contributed by atoms with Gasteiger partial charge in [0.25, 0.3) is 0 Å². The largest absolute Gasteiger partial charge is 0.0968 e. The van der Waals surface area contributed by atoms with Crippen LogP contribution in [0.15, 0.2) is 87.5 Å². The van der Waals surface area contributed by atoms with Gasteiger partial charge in [-0.1, -0.05) is 79.7 Å². The smallest absolute Gasteiger partial charge is 0.0540 e. The van der Waals surface area contributed by atoms with Crippen molar-refractivity contribution in [3.8, 4) is 0 Å². The molecule has 0 unspecified atom stereocenters. The van der Waals surface area contributed by atoms with Gasteiger partial charge in [-0.3, -0.25) is 0 Å². The lowest BCUT2D eigenvalue weighted by Crippen LogP contribution is -1.98. The lowest BCUT2D eigenvalue weighted by Gasteiger charge is -2.36. The molecule has 3 aromatic carbocycles. The van der Waals surface area contributed by atoms with Gasteiger partial charge in [0.1, 0.15) is 0 Å². The highest BCUT2D eigenvalue weighted by atomic mass is 79.9. The van der Waals surface area contributed by atoms with Gasteiger partial charge in [0, 0.05) is 14.7 Å². The van der Waals surface area contributed by atoms with Gasteiger partial charge >= 0.3 is 0 Å². The lowest BCUT2D eigenvalue weighted by molar-refractivity contribution is 1.32. The Kier molecular flexibility index (Phi) is 5.29. The number of halogens is 4. The number of benzene rings is 3. The van der Waals surface area contributed by atoms with Gasteiger partial charge in [-0.2, -0.15) is 0 Å². The van der Waals surface area contributed by atoms with Crippen molar-refractivity contribution in [2.24, 2.45) is 0 Å². The molecular formula is C18H12BrCl3S. The molecule has 0 radical (unpaired) electrons. The molecule has 0 aliphatic heterocycles. The molecule has 0 N–H and O–H groups in total. The summed E-state index contributed by atoms with van der Waals surface area (Å²) in [6, 6.07) is 23.3. The van der Waals surface area contributed by atoms with E-state index in [1.54, 1.807) is 0 Å². The first-order valence-electron chi connectivity index (χ1n) is 6.82. The molecule has 0 nitrogen and oxygen atoms in total. The maximum Gasteiger partial charge on any atom is 0.0540 e. The second-order valence-corrected chi connectivity index (χ2v) is 11.4. The zero-order valence-electron chi connectivity index (χ0n) is 11.8. The van der Waals surface area contributed by atoms with Crippen LogP contribution in [0.5, 0.6) is 0 Å². The molecule has 0 aromatic heterocycles. The van der Waals surface area contributed by atoms with Crippen molar-refractivity contribution in [2.75, 3.05) is 0 Å². The maximum absolute atomic E-state index is 6.52. The molecule has 5 heteroatoms. The van der Waals surface area contributed by atoms with Gasteiger partial charge in [0.2, 0.25) is 0 Å². The predicted molar refractivity (Wildman–Crippen MR) is 106 cm³/mol. The van der Waals surface area contributed by atoms with Crippen molar-refractivity contribution in [3.63, 3.8) is 0 Å². The highest BCUT2D eigenvalue weighted by Crippen LogP contribution is 2.77. The predicted octanol–water partition coefficient (Wildman–Crippen LogP) is 8.24. The quantitative estimate of drug-likeness (QED) is 0.380. The molecule has 0 bridgehead atoms. The fourth-order valence-electron chi connectivity index (χ4n) is 2.37. The van der Waals surface area contributed by atoms with E-state index in [9.17, 15) is 0 Å². The first-order valence-corrected chi connectivity index (χ1v) is 11.4. The van der Waals surface area contributed by atoms with Crippen molar-refractivity contribution in [2.45, 2.75) is 14.7 Å². The van der Waals surface area contributed by atoms with Gasteiger partial charge in [-0.15, -0.1) is 0 Å². The second-order valence-electron chi connectivity index (χ2n) is 4.83. The fourth-order valence-corrected chi connectivity index (χ4v) is 9.72. The molecular weight excluding hydrogens is 435 g/mol. The molecule has 3 rings (SSSR count). The minimum atomic E-state index is -1.85. The van der Waals surface area contributed by atoms with Crippen LogP contribution < -0.4 is 0 Å². The Labute approximate surface area is 159 Å². The van der Waals surface area contributed by atoms with Crippen molar-refractivity contribution in [3.05, 3.63) is 87.9 Å². The van der Waals surface area contributed by atoms with E-state index in [4.69, 9.17) is 34.8 Å². The Bertz CT molecular complexity index is 740. The van der Waals surface area contributed by atoms with Crippen LogP contribution in [0.1, 0.15) is 0 Å². The Morgan fingerprint density at radius 2 is 0.783 bits per heavy atom. The molecule has 0 fully saturated rings. The van der Waals surface area contributed by atoms with E-state index < -0.39 is 8.46 Å². The van der Waals surface area contributed by atoms with Crippen molar-refractivity contribution in [1.82, 2.24) is 0 Å². The summed E-state index contributed by atoms with van der Waals surface area (Å²) in [5.74, 6) is 0. The van der Waals surface area contributed by atoms with Crippen LogP contribution in [0.3, 0.4) is 0 Å². The summed E-state index contributed by atoms with van der Waals surface area (Å²) in [7, 11) is -1.85. The Balaban J connectivity index is 2.38. The minimum Gasteiger partial charge on any atom is -0.0968 e. The minimum absolute atomic E-state index is 0.680. The number of hydrogen-bond donors (Lipinski definition) is 0. The standard InChI is InChI=1S/C18H12BrCl3S/c19-23(16-10-4-1-7-13(16)20,17-11-5-2-8-14(17)21)18-12-6-3-9-15(18)22/h1-12H. The van der Waals surface area contributed by atoms with E-state index in [2.05, 4.69) is 14.8 Å². The van der Waals surface area contributed by atoms with Crippen LogP contribution in [-0.4, -0.2) is 0 Å². The number of hydrogen-bond acceptors (Lipinski definition) is 0. The van der Waals surface area contributed by atoms with E-state index in [1.807, 2.05) is 72.8 Å². The van der Waals surface area contributed by atoms with Gasteiger partial charge in [-0.05, 0) is 51.2 Å². The monoisotopic (exact) mass is 444 g/mol. The average molecular weight is 447 g/mol. The summed E-state index contributed by atoms with van der Waals surface area (Å²) >= 11 is 23.5. The molecule has 0 saturated heterocycles. The highest BCUT2D eigenvalue weighted by molar-refractivity contribution is 9.58. The first kappa shape index (κ1) is 17.2. The van der Waals surface area contributed by atoms with Crippen LogP contribution in [0.2, 0.25) is 15.1 Å². The van der Waals surface area contributed by atoms with Crippen LogP contribution in [0.4, 0.5) is 0 Å². The first-order chi connectivity index (χ1) is 11.0. The summed E-state index contributed by atoms with van der Waals surface area (Å²) in [4.78, 5) is 2.92. The molecule has 0 heterocycles. The molecule has 0 atom stereocenters. The van der Waals surface area contributed by atoms with Gasteiger partial charge < -0.3 is 0 Å². The molecule has 3 aromatic rings. The summed E-state index contributed by atoms with van der Waals surface area (Å²) in [6.07, 6.45) is 0. The molecule has 23 heavy (non-hydrogen) atoms. The zero-order chi connectivity index (χ0) is 16.4. The second kappa shape index (κ2) is 7.08. The van der Waals surface area contributed by atoms with Crippen LogP contribution >= 0.6 is 58.1 Å². The highest BCUT2D eigenvalue weighted by Gasteiger charge is 2.33. The molecule has 118 valence electrons. The molecule has 0 saturated carbocycles. The zero-order valence-corrected chi connectivity index (χ0v) is 16.5. The van der Waals surface area contributed by atoms with E-state index in [0.717, 1.165) is 14.7 Å². The summed E-state index contributed by atoms with van der Waals surface area (Å²) in [5.41, 5.74) is 0. The third-order valence-electron chi connectivity index (χ3n) is 3.42. The molecule has 0 aliphatic rings. The van der Waals surface area contributed by atoms with Crippen LogP contribution in [-0.2, 0) is 0 Å². The topological polar surface area (TPSA) is 0 Å². The van der Waals surface area contributed by atoms with E-state index in [0.29, 0.717) is 15.1 Å². The Morgan fingerprint density at radius 3 is 1.04 bits per heavy atom. The van der Waals surface area contributed by atoms with Crippen molar-refractivity contribution < 1.29 is 0 Å². The Hall–Kier alpha value is -0.640. The van der Waals surface area contributed by atoms with Crippen molar-refractivity contribution in [1.29, 1.82) is 0 Å². The molecule has 0 aliphatic carbocycles. The summed E-state index contributed by atoms with van der Waals surface area (Å²) in [6.45, 7) is 0. The van der Waals surface area contributed by atoms with E-state index in [-0.39, 0.29) is 0 Å². The summed E-state index contributed by atoms with van der Waals surface area (Å²) in [5, 5.41) is 2.04. The maximum atomic E-state index is 6.52. The Morgan fingerprint density at radius 1 is 0.522 bits per heavy atom. The third kappa shape index (κ3) is 3.16. The summed E-state index contributed by atoms with van der Waals surface area (Å²) < 4.78 is 0. The van der Waals surface area contributed by atoms with Crippen LogP contribution in [0.25, 0.3) is 0 Å². The van der Waals surface area contributed by atoms with Gasteiger partial charge in [0.05, 0.1) is 15.1 Å². The lowest BCUT2D eigenvalue weighted by atomic mass is 10.3. The molecule has 0 spiro atoms. The number of rotatable bonds is 3. The van der Waals surface area contributed by atoms with Crippen molar-refractivity contribution >= 4 is 58.1 Å². The normalized spacial score (nSPS) is 12.2. The van der Waals surface area contributed by atoms with E-state index in [1.165, 1.54) is 0 Å². The van der Waals surface area contributed by atoms with Gasteiger partial charge in [0.15, 0.2) is 0 Å². The van der Waals surface area contributed by atoms with Crippen LogP contribution in [0, 0.1) is 0 Å².